The number of hydrogen-bond donors (Lipinski definition) is 0. The van der Waals surface area contributed by atoms with E-state index in [0.29, 0.717) is 11.5 Å². The Morgan fingerprint density at radius 2 is 2.29 bits per heavy atom. The summed E-state index contributed by atoms with van der Waals surface area (Å²) in [5.41, 5.74) is 0.248. The summed E-state index contributed by atoms with van der Waals surface area (Å²) < 4.78 is 5.53. The van der Waals surface area contributed by atoms with Crippen molar-refractivity contribution in [2.24, 2.45) is 5.92 Å². The van der Waals surface area contributed by atoms with E-state index in [1.165, 1.54) is 12.8 Å². The first-order valence-corrected chi connectivity index (χ1v) is 5.38. The van der Waals surface area contributed by atoms with E-state index in [1.54, 1.807) is 6.92 Å². The molecule has 0 aromatic carbocycles. The maximum Gasteiger partial charge on any atom is 0.333 e. The summed E-state index contributed by atoms with van der Waals surface area (Å²) in [5.74, 6) is 0.277. The van der Waals surface area contributed by atoms with Crippen LogP contribution in [0.15, 0.2) is 12.2 Å². The molecule has 1 aliphatic rings. The molecule has 0 N–H and O–H groups in total. The monoisotopic (exact) mass is 196 g/mol. The van der Waals surface area contributed by atoms with Gasteiger partial charge in [0.25, 0.3) is 0 Å². The summed E-state index contributed by atoms with van der Waals surface area (Å²) in [6, 6.07) is 0. The summed E-state index contributed by atoms with van der Waals surface area (Å²) >= 11 is 0. The van der Waals surface area contributed by atoms with E-state index in [4.69, 9.17) is 4.74 Å². The SMILES string of the molecule is C=C(C)C(=O)OC1(C)CCCC1CC. The van der Waals surface area contributed by atoms with Gasteiger partial charge in [-0.2, -0.15) is 0 Å². The molecule has 2 nitrogen and oxygen atoms in total. The van der Waals surface area contributed by atoms with Gasteiger partial charge in [0.05, 0.1) is 0 Å². The molecule has 2 atom stereocenters. The minimum absolute atomic E-state index is 0.243. The molecule has 0 spiro atoms. The molecule has 14 heavy (non-hydrogen) atoms. The first-order valence-electron chi connectivity index (χ1n) is 5.38. The lowest BCUT2D eigenvalue weighted by Crippen LogP contribution is -2.35. The molecule has 1 fully saturated rings. The van der Waals surface area contributed by atoms with Gasteiger partial charge in [0.1, 0.15) is 5.60 Å². The Balaban J connectivity index is 2.65. The highest BCUT2D eigenvalue weighted by Crippen LogP contribution is 2.40. The molecule has 0 bridgehead atoms. The summed E-state index contributed by atoms with van der Waals surface area (Å²) in [7, 11) is 0. The topological polar surface area (TPSA) is 26.3 Å². The van der Waals surface area contributed by atoms with Crippen molar-refractivity contribution in [3.63, 3.8) is 0 Å². The zero-order valence-electron chi connectivity index (χ0n) is 9.43. The van der Waals surface area contributed by atoms with Crippen molar-refractivity contribution in [3.05, 3.63) is 12.2 Å². The number of rotatable bonds is 3. The van der Waals surface area contributed by atoms with E-state index in [9.17, 15) is 4.79 Å². The van der Waals surface area contributed by atoms with Gasteiger partial charge in [-0.05, 0) is 45.4 Å². The van der Waals surface area contributed by atoms with Crippen LogP contribution in [0.25, 0.3) is 0 Å². The first kappa shape index (κ1) is 11.3. The average Bonchev–Trinajstić information content (AvgIpc) is 2.46. The molecule has 0 amide bonds. The van der Waals surface area contributed by atoms with Crippen molar-refractivity contribution in [2.75, 3.05) is 0 Å². The predicted molar refractivity (Wildman–Crippen MR) is 56.9 cm³/mol. The van der Waals surface area contributed by atoms with Crippen molar-refractivity contribution in [2.45, 2.75) is 52.1 Å². The molecule has 0 heterocycles. The van der Waals surface area contributed by atoms with Gasteiger partial charge in [-0.15, -0.1) is 0 Å². The first-order chi connectivity index (χ1) is 6.49. The quantitative estimate of drug-likeness (QED) is 0.512. The van der Waals surface area contributed by atoms with Crippen LogP contribution in [-0.2, 0) is 9.53 Å². The third kappa shape index (κ3) is 2.17. The average molecular weight is 196 g/mol. The molecule has 0 saturated heterocycles. The Bertz CT molecular complexity index is 245. The predicted octanol–water partition coefficient (Wildman–Crippen LogP) is 3.07. The van der Waals surface area contributed by atoms with Crippen LogP contribution in [0.3, 0.4) is 0 Å². The standard InChI is InChI=1S/C12H20O2/c1-5-10-7-6-8-12(10,4)14-11(13)9(2)3/h10H,2,5-8H2,1,3-4H3. The van der Waals surface area contributed by atoms with Gasteiger partial charge in [-0.3, -0.25) is 0 Å². The number of carbonyl (C=O) groups excluding carboxylic acids is 1. The molecule has 1 rings (SSSR count). The Morgan fingerprint density at radius 1 is 1.64 bits per heavy atom. The molecule has 0 aliphatic heterocycles. The highest BCUT2D eigenvalue weighted by atomic mass is 16.6. The van der Waals surface area contributed by atoms with Crippen LogP contribution in [0.5, 0.6) is 0 Å². The van der Waals surface area contributed by atoms with Crippen LogP contribution in [0.1, 0.15) is 46.5 Å². The fourth-order valence-electron chi connectivity index (χ4n) is 2.28. The Morgan fingerprint density at radius 3 is 2.79 bits per heavy atom. The second kappa shape index (κ2) is 4.16. The molecular weight excluding hydrogens is 176 g/mol. The van der Waals surface area contributed by atoms with Crippen molar-refractivity contribution >= 4 is 5.97 Å². The van der Waals surface area contributed by atoms with Crippen LogP contribution < -0.4 is 0 Å². The molecule has 1 saturated carbocycles. The van der Waals surface area contributed by atoms with Gasteiger partial charge in [0, 0.05) is 5.57 Å². The fraction of sp³-hybridized carbons (Fsp3) is 0.750. The van der Waals surface area contributed by atoms with Crippen LogP contribution in [0.2, 0.25) is 0 Å². The smallest absolute Gasteiger partial charge is 0.333 e. The molecule has 2 unspecified atom stereocenters. The number of ether oxygens (including phenoxy) is 1. The van der Waals surface area contributed by atoms with E-state index in [-0.39, 0.29) is 11.6 Å². The molecule has 0 aromatic heterocycles. The number of esters is 1. The van der Waals surface area contributed by atoms with Gasteiger partial charge >= 0.3 is 5.97 Å². The summed E-state index contributed by atoms with van der Waals surface area (Å²) in [6.45, 7) is 9.51. The van der Waals surface area contributed by atoms with E-state index >= 15 is 0 Å². The van der Waals surface area contributed by atoms with Crippen molar-refractivity contribution < 1.29 is 9.53 Å². The summed E-state index contributed by atoms with van der Waals surface area (Å²) in [5, 5.41) is 0. The third-order valence-corrected chi connectivity index (χ3v) is 3.26. The number of carbonyl (C=O) groups is 1. The van der Waals surface area contributed by atoms with Gasteiger partial charge in [-0.25, -0.2) is 4.79 Å². The van der Waals surface area contributed by atoms with Crippen LogP contribution in [0.4, 0.5) is 0 Å². The minimum Gasteiger partial charge on any atom is -0.456 e. The normalized spacial score (nSPS) is 31.5. The fourth-order valence-corrected chi connectivity index (χ4v) is 2.28. The van der Waals surface area contributed by atoms with E-state index < -0.39 is 0 Å². The second-order valence-electron chi connectivity index (χ2n) is 4.48. The van der Waals surface area contributed by atoms with Crippen LogP contribution in [-0.4, -0.2) is 11.6 Å². The Kier molecular flexibility index (Phi) is 3.35. The largest absolute Gasteiger partial charge is 0.456 e. The van der Waals surface area contributed by atoms with Crippen molar-refractivity contribution in [3.8, 4) is 0 Å². The highest BCUT2D eigenvalue weighted by Gasteiger charge is 2.40. The lowest BCUT2D eigenvalue weighted by atomic mass is 9.90. The van der Waals surface area contributed by atoms with Gasteiger partial charge in [0.15, 0.2) is 0 Å². The molecule has 0 aromatic rings. The maximum absolute atomic E-state index is 11.4. The molecule has 80 valence electrons. The zero-order chi connectivity index (χ0) is 10.8. The lowest BCUT2D eigenvalue weighted by Gasteiger charge is -2.30. The van der Waals surface area contributed by atoms with Crippen LogP contribution >= 0.6 is 0 Å². The van der Waals surface area contributed by atoms with Crippen LogP contribution in [0, 0.1) is 5.92 Å². The van der Waals surface area contributed by atoms with Gasteiger partial charge in [0.2, 0.25) is 0 Å². The Hall–Kier alpha value is -0.790. The van der Waals surface area contributed by atoms with E-state index in [1.807, 2.05) is 0 Å². The molecule has 2 heteroatoms. The molecule has 1 aliphatic carbocycles. The molecular formula is C12H20O2. The summed E-state index contributed by atoms with van der Waals surface area (Å²) in [4.78, 5) is 11.4. The van der Waals surface area contributed by atoms with Gasteiger partial charge < -0.3 is 4.74 Å². The van der Waals surface area contributed by atoms with Gasteiger partial charge in [-0.1, -0.05) is 13.5 Å². The second-order valence-corrected chi connectivity index (χ2v) is 4.48. The van der Waals surface area contributed by atoms with E-state index in [0.717, 1.165) is 12.8 Å². The third-order valence-electron chi connectivity index (χ3n) is 3.26. The van der Waals surface area contributed by atoms with Crippen molar-refractivity contribution in [1.82, 2.24) is 0 Å². The highest BCUT2D eigenvalue weighted by molar-refractivity contribution is 5.87. The lowest BCUT2D eigenvalue weighted by molar-refractivity contribution is -0.156. The molecule has 0 radical (unpaired) electrons. The Labute approximate surface area is 86.3 Å². The zero-order valence-corrected chi connectivity index (χ0v) is 9.43. The number of hydrogen-bond acceptors (Lipinski definition) is 2. The van der Waals surface area contributed by atoms with E-state index in [2.05, 4.69) is 20.4 Å². The summed E-state index contributed by atoms with van der Waals surface area (Å²) in [6.07, 6.45) is 4.42. The van der Waals surface area contributed by atoms with Crippen molar-refractivity contribution in [1.29, 1.82) is 0 Å². The maximum atomic E-state index is 11.4. The minimum atomic E-state index is -0.245.